The van der Waals surface area contributed by atoms with Gasteiger partial charge in [0.25, 0.3) is 0 Å². The topological polar surface area (TPSA) is 216 Å². The van der Waals surface area contributed by atoms with Gasteiger partial charge in [-0.1, -0.05) is 36.4 Å². The number of carbonyl (C=O) groups excluding carboxylic acids is 6. The number of ether oxygens (including phenoxy) is 2. The molecule has 0 unspecified atom stereocenters. The number of likely N-dealkylation sites (N-methyl/N-ethyl adjacent to an activating group) is 3. The number of urea groups is 2. The molecule has 0 spiro atoms. The molecule has 2 atom stereocenters. The predicted molar refractivity (Wildman–Crippen MR) is 287 cm³/mol. The van der Waals surface area contributed by atoms with Crippen LogP contribution in [0.4, 0.5) is 58.7 Å². The van der Waals surface area contributed by atoms with E-state index in [0.29, 0.717) is 35.6 Å². The van der Waals surface area contributed by atoms with E-state index in [-0.39, 0.29) is 71.4 Å². The van der Waals surface area contributed by atoms with E-state index in [4.69, 9.17) is 20.9 Å². The molecule has 0 radical (unpaired) electrons. The molecule has 6 amide bonds. The number of nitrogens with two attached hydrogens (primary N) is 2. The van der Waals surface area contributed by atoms with E-state index in [1.165, 1.54) is 50.2 Å². The average Bonchev–Trinajstić information content (AvgIpc) is 3.54. The van der Waals surface area contributed by atoms with Gasteiger partial charge in [0, 0.05) is 35.9 Å². The lowest BCUT2D eigenvalue weighted by molar-refractivity contribution is -0.890. The summed E-state index contributed by atoms with van der Waals surface area (Å²) in [4.78, 5) is 93.3. The molecule has 2 aliphatic heterocycles. The van der Waals surface area contributed by atoms with Gasteiger partial charge < -0.3 is 55.7 Å². The molecule has 0 aromatic heterocycles. The second-order valence-electron chi connectivity index (χ2n) is 20.4. The van der Waals surface area contributed by atoms with Crippen molar-refractivity contribution in [1.29, 1.82) is 0 Å². The number of allylic oxidation sites excluding steroid dienone is 2. The minimum atomic E-state index is -4.79. The van der Waals surface area contributed by atoms with Gasteiger partial charge in [-0.05, 0) is 114 Å². The third-order valence-corrected chi connectivity index (χ3v) is 13.2. The fourth-order valence-electron chi connectivity index (χ4n) is 8.95. The number of hydrogen-bond donors (Lipinski definition) is 4. The van der Waals surface area contributed by atoms with Crippen molar-refractivity contribution in [3.05, 3.63) is 142 Å². The van der Waals surface area contributed by atoms with Crippen LogP contribution >= 0.6 is 0 Å². The Morgan fingerprint density at radius 2 is 0.975 bits per heavy atom. The highest BCUT2D eigenvalue weighted by Gasteiger charge is 2.46. The molecule has 0 bridgehead atoms. The molecule has 6 rings (SSSR count). The lowest BCUT2D eigenvalue weighted by atomic mass is 9.92. The van der Waals surface area contributed by atoms with E-state index in [0.717, 1.165) is 56.0 Å². The molecule has 0 saturated heterocycles. The van der Waals surface area contributed by atoms with Crippen LogP contribution in [0.5, 0.6) is 0 Å². The van der Waals surface area contributed by atoms with Crippen LogP contribution in [0, 0.1) is 0 Å². The summed E-state index contributed by atoms with van der Waals surface area (Å²) in [7, 11) is 10.4. The standard InChI is InChI=1S/C55H65F6N11O8/c1-34-46(50(75)79-27-24-66(3)4)48(36-15-19-40(62)20-16-36)68(52(77)70(34)42-13-9-11-38(29-42)54(56,57)58)31-44(73)64-23-26-72(7,8)33-65-45(74)32-69-49(37-17-21-41(63)22-18-37)47(51(76)80-28-25-67(5)6)35(2)71(53(69)78)43-14-10-12-39(30-43)55(59,60)61/h9-22,29-30,48-49H,23-28,31-33,62-63H2,1-8H3,(H-,64,65,73,74)/p+1/t48-,49-/m1/s1. The van der Waals surface area contributed by atoms with Crippen molar-refractivity contribution < 1.29 is 69.1 Å². The first-order valence-electron chi connectivity index (χ1n) is 25.2. The molecule has 2 heterocycles. The highest BCUT2D eigenvalue weighted by Crippen LogP contribution is 2.43. The lowest BCUT2D eigenvalue weighted by Crippen LogP contribution is -2.56. The lowest BCUT2D eigenvalue weighted by Gasteiger charge is -2.43. The number of amides is 6. The van der Waals surface area contributed by atoms with Crippen LogP contribution in [0.2, 0.25) is 0 Å². The van der Waals surface area contributed by atoms with Crippen LogP contribution in [-0.2, 0) is 41.0 Å². The van der Waals surface area contributed by atoms with Gasteiger partial charge in [-0.15, -0.1) is 0 Å². The molecule has 4 aromatic carbocycles. The summed E-state index contributed by atoms with van der Waals surface area (Å²) in [5.74, 6) is -3.23. The molecule has 0 fully saturated rings. The predicted octanol–water partition coefficient (Wildman–Crippen LogP) is 6.58. The van der Waals surface area contributed by atoms with Gasteiger partial charge in [0.1, 0.15) is 26.3 Å². The number of carbonyl (C=O) groups is 6. The summed E-state index contributed by atoms with van der Waals surface area (Å²) >= 11 is 0. The van der Waals surface area contributed by atoms with Crippen molar-refractivity contribution in [3.63, 3.8) is 0 Å². The van der Waals surface area contributed by atoms with Gasteiger partial charge in [-0.25, -0.2) is 19.2 Å². The fourth-order valence-corrected chi connectivity index (χ4v) is 8.95. The number of nitrogens with zero attached hydrogens (tertiary/aromatic N) is 7. The first-order valence-corrected chi connectivity index (χ1v) is 25.2. The molecular formula is C55H66F6N11O8+. The second-order valence-corrected chi connectivity index (χ2v) is 20.4. The molecule has 2 aliphatic rings. The van der Waals surface area contributed by atoms with Gasteiger partial charge in [-0.2, -0.15) is 26.3 Å². The Hall–Kier alpha value is -8.16. The number of nitrogen functional groups attached to an aromatic ring is 2. The summed E-state index contributed by atoms with van der Waals surface area (Å²) in [5.41, 5.74) is 10.5. The fraction of sp³-hybridized carbons (Fsp3) is 0.382. The van der Waals surface area contributed by atoms with E-state index in [1.54, 1.807) is 76.4 Å². The maximum atomic E-state index is 14.7. The van der Waals surface area contributed by atoms with Crippen molar-refractivity contribution in [2.75, 3.05) is 123 Å². The highest BCUT2D eigenvalue weighted by atomic mass is 19.4. The van der Waals surface area contributed by atoms with Crippen LogP contribution in [0.3, 0.4) is 0 Å². The van der Waals surface area contributed by atoms with Crippen LogP contribution in [0.25, 0.3) is 0 Å². The van der Waals surface area contributed by atoms with E-state index >= 15 is 0 Å². The van der Waals surface area contributed by atoms with Gasteiger partial charge >= 0.3 is 36.4 Å². The molecule has 80 heavy (non-hydrogen) atoms. The number of rotatable bonds is 21. The molecule has 19 nitrogen and oxygen atoms in total. The van der Waals surface area contributed by atoms with Crippen molar-refractivity contribution in [2.24, 2.45) is 0 Å². The quantitative estimate of drug-likeness (QED) is 0.0229. The number of alkyl halides is 6. The molecule has 0 aliphatic carbocycles. The zero-order chi connectivity index (χ0) is 59.0. The number of anilines is 4. The number of benzene rings is 4. The maximum Gasteiger partial charge on any atom is 0.416 e. The van der Waals surface area contributed by atoms with E-state index in [2.05, 4.69) is 10.6 Å². The zero-order valence-corrected chi connectivity index (χ0v) is 45.6. The first kappa shape index (κ1) is 61.1. The SMILES string of the molecule is CC1=C(C(=O)OCCN(C)C)[C@@H](c2ccc(N)cc2)N(CC(=O)NCC[N+](C)(C)CNC(=O)CN2C(=O)N(c3cccc(C(F)(F)F)c3)C(C)=C(C(=O)OCCN(C)C)[C@H]2c2ccc(N)cc2)C(=O)N1c1cccc(C(F)(F)F)c1. The van der Waals surface area contributed by atoms with Crippen LogP contribution in [-0.4, -0.2) is 161 Å². The van der Waals surface area contributed by atoms with Crippen LogP contribution in [0.15, 0.2) is 120 Å². The Bertz CT molecular complexity index is 3000. The third-order valence-electron chi connectivity index (χ3n) is 13.2. The minimum Gasteiger partial charge on any atom is -0.461 e. The Morgan fingerprint density at radius 1 is 0.600 bits per heavy atom. The average molecular weight is 1120 g/mol. The number of hydrogen-bond acceptors (Lipinski definition) is 12. The maximum absolute atomic E-state index is 14.7. The summed E-state index contributed by atoms with van der Waals surface area (Å²) in [6, 6.07) is 15.8. The number of esters is 2. The minimum absolute atomic E-state index is 0.00885. The van der Waals surface area contributed by atoms with Gasteiger partial charge in [-0.3, -0.25) is 19.4 Å². The monoisotopic (exact) mass is 1120 g/mol. The van der Waals surface area contributed by atoms with Gasteiger partial charge in [0.05, 0.1) is 72.9 Å². The summed E-state index contributed by atoms with van der Waals surface area (Å²) in [6.07, 6.45) is -9.59. The normalized spacial score (nSPS) is 16.4. The van der Waals surface area contributed by atoms with Crippen molar-refractivity contribution in [2.45, 2.75) is 38.3 Å². The summed E-state index contributed by atoms with van der Waals surface area (Å²) < 4.78 is 95.6. The molecule has 430 valence electrons. The molecule has 4 aromatic rings. The number of nitrogens with one attached hydrogen (secondary N) is 2. The summed E-state index contributed by atoms with van der Waals surface area (Å²) in [5, 5.41) is 5.54. The van der Waals surface area contributed by atoms with Crippen molar-refractivity contribution in [1.82, 2.24) is 30.2 Å². The Balaban J connectivity index is 1.23. The largest absolute Gasteiger partial charge is 0.461 e. The molecule has 25 heteroatoms. The molecule has 6 N–H and O–H groups in total. The summed E-state index contributed by atoms with van der Waals surface area (Å²) in [6.45, 7) is 1.79. The Morgan fingerprint density at radius 3 is 1.34 bits per heavy atom. The van der Waals surface area contributed by atoms with Crippen molar-refractivity contribution >= 4 is 58.6 Å². The highest BCUT2D eigenvalue weighted by molar-refractivity contribution is 6.06. The second kappa shape index (κ2) is 25.3. The van der Waals surface area contributed by atoms with Crippen LogP contribution < -0.4 is 31.9 Å². The van der Waals surface area contributed by atoms with Gasteiger partial charge in [0.15, 0.2) is 6.67 Å². The first-order chi connectivity index (χ1) is 37.5. The van der Waals surface area contributed by atoms with Crippen molar-refractivity contribution in [3.8, 4) is 0 Å². The van der Waals surface area contributed by atoms with Crippen LogP contribution in [0.1, 0.15) is 48.2 Å². The Kier molecular flexibility index (Phi) is 19.3. The number of quaternary nitrogens is 1. The van der Waals surface area contributed by atoms with E-state index in [9.17, 15) is 55.1 Å². The molecular weight excluding hydrogens is 1060 g/mol. The third kappa shape index (κ3) is 14.9. The molecule has 0 saturated carbocycles. The number of halogens is 6. The smallest absolute Gasteiger partial charge is 0.416 e. The van der Waals surface area contributed by atoms with Gasteiger partial charge in [0.2, 0.25) is 11.8 Å². The van der Waals surface area contributed by atoms with E-state index < -0.39 is 84.5 Å². The van der Waals surface area contributed by atoms with E-state index in [1.807, 2.05) is 0 Å². The Labute approximate surface area is 459 Å². The zero-order valence-electron chi connectivity index (χ0n) is 45.6.